The fourth-order valence-electron chi connectivity index (χ4n) is 0.815. The predicted octanol–water partition coefficient (Wildman–Crippen LogP) is 0.547. The van der Waals surface area contributed by atoms with Crippen LogP contribution >= 0.6 is 6.34 Å². The third-order valence-electron chi connectivity index (χ3n) is 1.48. The molecule has 4 N–H and O–H groups in total. The number of nitrogens with two attached hydrogens (primary N) is 2. The largest absolute Gasteiger partial charge is 0.497 e. The first-order valence-corrected chi connectivity index (χ1v) is 6.30. The molecule has 1 aromatic rings. The van der Waals surface area contributed by atoms with Crippen LogP contribution in [0.2, 0.25) is 0 Å². The Morgan fingerprint density at radius 3 is 2.08 bits per heavy atom. The van der Waals surface area contributed by atoms with Crippen LogP contribution in [-0.4, -0.2) is 7.11 Å². The second-order valence-electron chi connectivity index (χ2n) is 2.41. The highest BCUT2D eigenvalue weighted by atomic mass is 32.4. The van der Waals surface area contributed by atoms with Crippen molar-refractivity contribution in [1.82, 2.24) is 0 Å². The van der Waals surface area contributed by atoms with Gasteiger partial charge in [-0.3, -0.25) is 11.0 Å². The fraction of sp³-hybridized carbons (Fsp3) is 0.143. The molecule has 0 aromatic heterocycles. The molecule has 0 amide bonds. The zero-order valence-electron chi connectivity index (χ0n) is 6.73. The Kier molecular flexibility index (Phi) is 2.85. The standard InChI is InChI=1S/C7H11N2OPS/c1-10-6-2-4-7(5-3-6)11(8,9)12/h2-5H,1H3,(H4,8,9,12). The molecule has 0 aliphatic rings. The van der Waals surface area contributed by atoms with Gasteiger partial charge in [-0.05, 0) is 24.3 Å². The summed E-state index contributed by atoms with van der Waals surface area (Å²) in [6.07, 6.45) is -2.27. The van der Waals surface area contributed by atoms with E-state index in [-0.39, 0.29) is 0 Å². The lowest BCUT2D eigenvalue weighted by Crippen LogP contribution is -2.17. The fourth-order valence-corrected chi connectivity index (χ4v) is 1.80. The Bertz CT molecular complexity index is 306. The van der Waals surface area contributed by atoms with E-state index in [4.69, 9.17) is 27.6 Å². The zero-order valence-corrected chi connectivity index (χ0v) is 8.44. The van der Waals surface area contributed by atoms with Crippen LogP contribution in [0, 0.1) is 0 Å². The summed E-state index contributed by atoms with van der Waals surface area (Å²) in [6, 6.07) is 7.21. The van der Waals surface area contributed by atoms with Gasteiger partial charge in [-0.2, -0.15) is 0 Å². The van der Waals surface area contributed by atoms with Gasteiger partial charge in [0.2, 0.25) is 0 Å². The third-order valence-corrected chi connectivity index (χ3v) is 3.21. The highest BCUT2D eigenvalue weighted by Gasteiger charge is 2.06. The predicted molar refractivity (Wildman–Crippen MR) is 55.3 cm³/mol. The molecule has 12 heavy (non-hydrogen) atoms. The normalized spacial score (nSPS) is 11.2. The molecule has 0 unspecified atom stereocenters. The average Bonchev–Trinajstić information content (AvgIpc) is 2.03. The van der Waals surface area contributed by atoms with Gasteiger partial charge in [0.1, 0.15) is 5.75 Å². The number of hydrogen-bond acceptors (Lipinski definition) is 2. The third kappa shape index (κ3) is 2.29. The van der Waals surface area contributed by atoms with Gasteiger partial charge in [-0.25, -0.2) is 0 Å². The molecule has 1 rings (SSSR count). The van der Waals surface area contributed by atoms with Crippen LogP contribution in [-0.2, 0) is 11.8 Å². The second kappa shape index (κ2) is 3.54. The molecule has 1 aromatic carbocycles. The molecule has 0 fully saturated rings. The summed E-state index contributed by atoms with van der Waals surface area (Å²) in [7, 11) is 1.61. The van der Waals surface area contributed by atoms with E-state index >= 15 is 0 Å². The molecular formula is C7H11N2OPS. The summed E-state index contributed by atoms with van der Waals surface area (Å²) in [5.41, 5.74) is 11.2. The lowest BCUT2D eigenvalue weighted by molar-refractivity contribution is 0.415. The van der Waals surface area contributed by atoms with E-state index in [9.17, 15) is 0 Å². The van der Waals surface area contributed by atoms with Crippen LogP contribution in [0.1, 0.15) is 0 Å². The maximum Gasteiger partial charge on any atom is 0.118 e. The highest BCUT2D eigenvalue weighted by molar-refractivity contribution is 8.16. The number of hydrogen-bond donors (Lipinski definition) is 2. The van der Waals surface area contributed by atoms with Crippen LogP contribution in [0.4, 0.5) is 0 Å². The van der Waals surface area contributed by atoms with E-state index in [1.165, 1.54) is 0 Å². The minimum absolute atomic E-state index is 0.780. The smallest absolute Gasteiger partial charge is 0.118 e. The Labute approximate surface area is 76.8 Å². The molecule has 0 saturated heterocycles. The molecule has 66 valence electrons. The molecule has 0 saturated carbocycles. The van der Waals surface area contributed by atoms with E-state index in [0.29, 0.717) is 0 Å². The molecule has 0 aliphatic carbocycles. The maximum absolute atomic E-state index is 5.61. The van der Waals surface area contributed by atoms with Crippen molar-refractivity contribution in [3.8, 4) is 5.75 Å². The van der Waals surface area contributed by atoms with Gasteiger partial charge in [-0.1, -0.05) is 11.8 Å². The van der Waals surface area contributed by atoms with Gasteiger partial charge >= 0.3 is 0 Å². The van der Waals surface area contributed by atoms with Crippen molar-refractivity contribution in [2.24, 2.45) is 11.0 Å². The summed E-state index contributed by atoms with van der Waals surface area (Å²) >= 11 is 4.96. The summed E-state index contributed by atoms with van der Waals surface area (Å²) < 4.78 is 4.98. The van der Waals surface area contributed by atoms with Crippen LogP contribution < -0.4 is 21.0 Å². The first-order valence-electron chi connectivity index (χ1n) is 3.36. The van der Waals surface area contributed by atoms with Gasteiger partial charge in [-0.15, -0.1) is 0 Å². The van der Waals surface area contributed by atoms with Crippen LogP contribution in [0.5, 0.6) is 5.75 Å². The lowest BCUT2D eigenvalue weighted by atomic mass is 10.3. The number of benzene rings is 1. The van der Waals surface area contributed by atoms with Gasteiger partial charge in [0, 0.05) is 5.30 Å². The molecule has 3 nitrogen and oxygen atoms in total. The SMILES string of the molecule is COc1ccc(P(N)(N)=S)cc1. The first-order chi connectivity index (χ1) is 5.54. The van der Waals surface area contributed by atoms with Crippen molar-refractivity contribution < 1.29 is 4.74 Å². The number of rotatable bonds is 2. The van der Waals surface area contributed by atoms with Crippen molar-refractivity contribution in [1.29, 1.82) is 0 Å². The van der Waals surface area contributed by atoms with E-state index in [2.05, 4.69) is 0 Å². The van der Waals surface area contributed by atoms with Crippen molar-refractivity contribution >= 4 is 23.5 Å². The monoisotopic (exact) mass is 202 g/mol. The number of methoxy groups -OCH3 is 1. The minimum atomic E-state index is -2.27. The van der Waals surface area contributed by atoms with Crippen LogP contribution in [0.3, 0.4) is 0 Å². The van der Waals surface area contributed by atoms with Crippen molar-refractivity contribution in [2.75, 3.05) is 7.11 Å². The Morgan fingerprint density at radius 1 is 1.25 bits per heavy atom. The maximum atomic E-state index is 5.61. The zero-order chi connectivity index (χ0) is 9.19. The van der Waals surface area contributed by atoms with E-state index in [1.807, 2.05) is 0 Å². The molecule has 0 spiro atoms. The van der Waals surface area contributed by atoms with Crippen molar-refractivity contribution in [3.63, 3.8) is 0 Å². The van der Waals surface area contributed by atoms with E-state index in [0.717, 1.165) is 11.1 Å². The van der Waals surface area contributed by atoms with Crippen molar-refractivity contribution in [2.45, 2.75) is 0 Å². The summed E-state index contributed by atoms with van der Waals surface area (Å²) in [4.78, 5) is 0. The first kappa shape index (κ1) is 9.68. The summed E-state index contributed by atoms with van der Waals surface area (Å²) in [6.45, 7) is 0. The Hall–Kier alpha value is -0.410. The molecule has 0 atom stereocenters. The quantitative estimate of drug-likeness (QED) is 0.687. The molecular weight excluding hydrogens is 191 g/mol. The average molecular weight is 202 g/mol. The molecule has 0 heterocycles. The molecule has 0 aliphatic heterocycles. The van der Waals surface area contributed by atoms with Gasteiger partial charge < -0.3 is 4.74 Å². The second-order valence-corrected chi connectivity index (χ2v) is 6.16. The topological polar surface area (TPSA) is 61.3 Å². The van der Waals surface area contributed by atoms with E-state index < -0.39 is 6.34 Å². The van der Waals surface area contributed by atoms with Crippen LogP contribution in [0.25, 0.3) is 0 Å². The van der Waals surface area contributed by atoms with Crippen molar-refractivity contribution in [3.05, 3.63) is 24.3 Å². The highest BCUT2D eigenvalue weighted by Crippen LogP contribution is 2.24. The summed E-state index contributed by atoms with van der Waals surface area (Å²) in [5.74, 6) is 0.780. The van der Waals surface area contributed by atoms with Gasteiger partial charge in [0.25, 0.3) is 0 Å². The molecule has 0 bridgehead atoms. The van der Waals surface area contributed by atoms with E-state index in [1.54, 1.807) is 31.4 Å². The van der Waals surface area contributed by atoms with Gasteiger partial charge in [0.05, 0.1) is 13.4 Å². The Morgan fingerprint density at radius 2 is 1.75 bits per heavy atom. The van der Waals surface area contributed by atoms with Crippen LogP contribution in [0.15, 0.2) is 24.3 Å². The van der Waals surface area contributed by atoms with Gasteiger partial charge in [0.15, 0.2) is 0 Å². The molecule has 5 heteroatoms. The minimum Gasteiger partial charge on any atom is -0.497 e. The summed E-state index contributed by atoms with van der Waals surface area (Å²) in [5, 5.41) is 0.818. The molecule has 0 radical (unpaired) electrons. The lowest BCUT2D eigenvalue weighted by Gasteiger charge is -2.10. The Balaban J connectivity index is 3.01. The number of ether oxygens (including phenoxy) is 1.